The van der Waals surface area contributed by atoms with Gasteiger partial charge < -0.3 is 5.32 Å². The highest BCUT2D eigenvalue weighted by atomic mass is 15.3. The summed E-state index contributed by atoms with van der Waals surface area (Å²) in [4.78, 5) is 4.33. The van der Waals surface area contributed by atoms with Crippen LogP contribution in [0.4, 0.5) is 0 Å². The molecule has 2 aromatic heterocycles. The van der Waals surface area contributed by atoms with Crippen LogP contribution in [0.3, 0.4) is 0 Å². The predicted molar refractivity (Wildman–Crippen MR) is 67.8 cm³/mol. The molecule has 1 unspecified atom stereocenters. The highest BCUT2D eigenvalue weighted by Crippen LogP contribution is 2.22. The summed E-state index contributed by atoms with van der Waals surface area (Å²) in [5, 5.41) is 7.63. The van der Waals surface area contributed by atoms with E-state index >= 15 is 0 Å². The van der Waals surface area contributed by atoms with Crippen molar-refractivity contribution in [1.29, 1.82) is 0 Å². The number of nitrogens with one attached hydrogen (secondary N) is 1. The van der Waals surface area contributed by atoms with Crippen LogP contribution in [0.5, 0.6) is 0 Å². The molecule has 0 saturated carbocycles. The largest absolute Gasteiger partial charge is 0.309 e. The van der Waals surface area contributed by atoms with Gasteiger partial charge >= 0.3 is 0 Å². The third-order valence-electron chi connectivity index (χ3n) is 2.96. The van der Waals surface area contributed by atoms with Crippen LogP contribution in [-0.2, 0) is 6.54 Å². The van der Waals surface area contributed by atoms with Gasteiger partial charge in [0, 0.05) is 30.2 Å². The van der Waals surface area contributed by atoms with Gasteiger partial charge in [-0.05, 0) is 32.5 Å². The maximum Gasteiger partial charge on any atom is 0.0623 e. The van der Waals surface area contributed by atoms with Crippen molar-refractivity contribution in [2.24, 2.45) is 0 Å². The van der Waals surface area contributed by atoms with E-state index in [1.165, 1.54) is 11.1 Å². The minimum atomic E-state index is 0.156. The number of hydrogen-bond acceptors (Lipinski definition) is 3. The smallest absolute Gasteiger partial charge is 0.0623 e. The van der Waals surface area contributed by atoms with Crippen molar-refractivity contribution in [2.75, 3.05) is 7.05 Å². The Bertz CT molecular complexity index is 490. The van der Waals surface area contributed by atoms with Gasteiger partial charge in [0.15, 0.2) is 0 Å². The van der Waals surface area contributed by atoms with Crippen LogP contribution in [0.2, 0.25) is 0 Å². The van der Waals surface area contributed by atoms with Gasteiger partial charge in [-0.25, -0.2) is 0 Å². The SMILES string of the molecule is CCn1cc(C(NC)c2cccnc2C)cn1. The molecule has 0 aliphatic carbocycles. The molecule has 0 aliphatic rings. The van der Waals surface area contributed by atoms with Crippen LogP contribution in [0.15, 0.2) is 30.7 Å². The summed E-state index contributed by atoms with van der Waals surface area (Å²) in [6, 6.07) is 4.23. The molecule has 2 heterocycles. The number of rotatable bonds is 4. The molecule has 2 rings (SSSR count). The minimum absolute atomic E-state index is 0.156. The molecule has 0 bridgehead atoms. The first-order chi connectivity index (χ1) is 8.26. The summed E-state index contributed by atoms with van der Waals surface area (Å²) >= 11 is 0. The number of aryl methyl sites for hydroxylation is 2. The van der Waals surface area contributed by atoms with Crippen LogP contribution in [0.1, 0.15) is 29.8 Å². The predicted octanol–water partition coefficient (Wildman–Crippen LogP) is 1.92. The maximum absolute atomic E-state index is 4.33. The van der Waals surface area contributed by atoms with Gasteiger partial charge in [0.25, 0.3) is 0 Å². The van der Waals surface area contributed by atoms with E-state index in [0.717, 1.165) is 12.2 Å². The molecule has 90 valence electrons. The van der Waals surface area contributed by atoms with Crippen LogP contribution >= 0.6 is 0 Å². The van der Waals surface area contributed by atoms with Crippen LogP contribution < -0.4 is 5.32 Å². The third-order valence-corrected chi connectivity index (χ3v) is 2.96. The fourth-order valence-corrected chi connectivity index (χ4v) is 2.01. The lowest BCUT2D eigenvalue weighted by molar-refractivity contribution is 0.652. The second-order valence-electron chi connectivity index (χ2n) is 4.03. The molecule has 2 aromatic rings. The number of nitrogens with zero attached hydrogens (tertiary/aromatic N) is 3. The number of hydrogen-bond donors (Lipinski definition) is 1. The first kappa shape index (κ1) is 11.8. The third kappa shape index (κ3) is 2.36. The van der Waals surface area contributed by atoms with Gasteiger partial charge in [-0.3, -0.25) is 9.67 Å². The van der Waals surface area contributed by atoms with Crippen molar-refractivity contribution >= 4 is 0 Å². The van der Waals surface area contributed by atoms with Crippen LogP contribution in [0, 0.1) is 6.92 Å². The van der Waals surface area contributed by atoms with Crippen molar-refractivity contribution in [2.45, 2.75) is 26.4 Å². The topological polar surface area (TPSA) is 42.7 Å². The van der Waals surface area contributed by atoms with Crippen molar-refractivity contribution < 1.29 is 0 Å². The summed E-state index contributed by atoms with van der Waals surface area (Å²) in [7, 11) is 1.96. The fraction of sp³-hybridized carbons (Fsp3) is 0.385. The minimum Gasteiger partial charge on any atom is -0.309 e. The molecule has 0 radical (unpaired) electrons. The lowest BCUT2D eigenvalue weighted by Gasteiger charge is -2.16. The molecule has 0 aromatic carbocycles. The zero-order chi connectivity index (χ0) is 12.3. The first-order valence-electron chi connectivity index (χ1n) is 5.87. The molecule has 17 heavy (non-hydrogen) atoms. The van der Waals surface area contributed by atoms with Gasteiger partial charge in [0.1, 0.15) is 0 Å². The Kier molecular flexibility index (Phi) is 3.54. The molecular weight excluding hydrogens is 212 g/mol. The van der Waals surface area contributed by atoms with E-state index in [1.54, 1.807) is 0 Å². The normalized spacial score (nSPS) is 12.6. The summed E-state index contributed by atoms with van der Waals surface area (Å²) in [6.07, 6.45) is 5.81. The Morgan fingerprint density at radius 1 is 1.47 bits per heavy atom. The Morgan fingerprint density at radius 3 is 2.88 bits per heavy atom. The Labute approximate surface area is 102 Å². The van der Waals surface area contributed by atoms with Crippen molar-refractivity contribution in [3.05, 3.63) is 47.5 Å². The van der Waals surface area contributed by atoms with E-state index in [-0.39, 0.29) is 6.04 Å². The molecule has 0 aliphatic heterocycles. The van der Waals surface area contributed by atoms with E-state index in [1.807, 2.05) is 37.1 Å². The summed E-state index contributed by atoms with van der Waals surface area (Å²) in [6.45, 7) is 5.01. The monoisotopic (exact) mass is 230 g/mol. The average molecular weight is 230 g/mol. The highest BCUT2D eigenvalue weighted by molar-refractivity contribution is 5.31. The van der Waals surface area contributed by atoms with E-state index < -0.39 is 0 Å². The van der Waals surface area contributed by atoms with Crippen LogP contribution in [-0.4, -0.2) is 21.8 Å². The molecule has 4 nitrogen and oxygen atoms in total. The van der Waals surface area contributed by atoms with Gasteiger partial charge in [-0.1, -0.05) is 6.07 Å². The second-order valence-corrected chi connectivity index (χ2v) is 4.03. The summed E-state index contributed by atoms with van der Waals surface area (Å²) < 4.78 is 1.94. The fourth-order valence-electron chi connectivity index (χ4n) is 2.01. The molecule has 0 spiro atoms. The lowest BCUT2D eigenvalue weighted by Crippen LogP contribution is -2.18. The zero-order valence-corrected chi connectivity index (χ0v) is 10.5. The molecule has 0 fully saturated rings. The standard InChI is InChI=1S/C13H18N4/c1-4-17-9-11(8-16-17)13(14-3)12-6-5-7-15-10(12)2/h5-9,13-14H,4H2,1-3H3. The number of pyridine rings is 1. The average Bonchev–Trinajstić information content (AvgIpc) is 2.81. The molecule has 4 heteroatoms. The highest BCUT2D eigenvalue weighted by Gasteiger charge is 2.15. The van der Waals surface area contributed by atoms with Gasteiger partial charge in [-0.15, -0.1) is 0 Å². The number of aromatic nitrogens is 3. The summed E-state index contributed by atoms with van der Waals surface area (Å²) in [5.41, 5.74) is 3.42. The van der Waals surface area contributed by atoms with Crippen molar-refractivity contribution in [3.63, 3.8) is 0 Å². The molecule has 1 N–H and O–H groups in total. The Hall–Kier alpha value is -1.68. The van der Waals surface area contributed by atoms with Gasteiger partial charge in [0.2, 0.25) is 0 Å². The van der Waals surface area contributed by atoms with Crippen LogP contribution in [0.25, 0.3) is 0 Å². The second kappa shape index (κ2) is 5.10. The van der Waals surface area contributed by atoms with Crippen molar-refractivity contribution in [1.82, 2.24) is 20.1 Å². The lowest BCUT2D eigenvalue weighted by atomic mass is 10.0. The van der Waals surface area contributed by atoms with E-state index in [2.05, 4.69) is 34.6 Å². The van der Waals surface area contributed by atoms with Gasteiger partial charge in [0.05, 0.1) is 12.2 Å². The molecular formula is C13H18N4. The van der Waals surface area contributed by atoms with E-state index in [4.69, 9.17) is 0 Å². The van der Waals surface area contributed by atoms with Crippen molar-refractivity contribution in [3.8, 4) is 0 Å². The molecule has 0 amide bonds. The Balaban J connectivity index is 2.36. The molecule has 0 saturated heterocycles. The zero-order valence-electron chi connectivity index (χ0n) is 10.5. The Morgan fingerprint density at radius 2 is 2.29 bits per heavy atom. The van der Waals surface area contributed by atoms with E-state index in [9.17, 15) is 0 Å². The van der Waals surface area contributed by atoms with E-state index in [0.29, 0.717) is 0 Å². The first-order valence-corrected chi connectivity index (χ1v) is 5.87. The summed E-state index contributed by atoms with van der Waals surface area (Å²) in [5.74, 6) is 0. The van der Waals surface area contributed by atoms with Gasteiger partial charge in [-0.2, -0.15) is 5.10 Å². The maximum atomic E-state index is 4.33. The quantitative estimate of drug-likeness (QED) is 0.872. The molecule has 1 atom stereocenters.